The molecule has 1 aromatic rings. The quantitative estimate of drug-likeness (QED) is 0.472. The fourth-order valence-electron chi connectivity index (χ4n) is 2.40. The van der Waals surface area contributed by atoms with Gasteiger partial charge in [0, 0.05) is 12.3 Å². The van der Waals surface area contributed by atoms with Crippen LogP contribution in [0.25, 0.3) is 0 Å². The van der Waals surface area contributed by atoms with E-state index in [9.17, 15) is 32.7 Å². The predicted molar refractivity (Wildman–Crippen MR) is 66.3 cm³/mol. The van der Waals surface area contributed by atoms with E-state index in [1.54, 1.807) is 4.98 Å². The van der Waals surface area contributed by atoms with E-state index in [0.29, 0.717) is 12.3 Å². The number of aromatic amines is 1. The van der Waals surface area contributed by atoms with Gasteiger partial charge in [0.15, 0.2) is 0 Å². The zero-order valence-corrected chi connectivity index (χ0v) is 11.3. The first-order chi connectivity index (χ1) is 10.6. The number of aliphatic hydroxyl groups is 2. The number of carbonyl (C=O) groups is 1. The maximum Gasteiger partial charge on any atom is 0.455 e. The molecule has 1 aliphatic rings. The lowest BCUT2D eigenvalue weighted by atomic mass is 9.95. The Balaban J connectivity index is 2.74. The highest BCUT2D eigenvalue weighted by Crippen LogP contribution is 2.39. The second-order valence-corrected chi connectivity index (χ2v) is 4.86. The number of nitrogens with one attached hydrogen (secondary N) is 1. The largest absolute Gasteiger partial charge is 0.455 e. The molecular weight excluding hydrogens is 327 g/mol. The molecule has 0 aliphatic carbocycles. The second kappa shape index (κ2) is 5.56. The fraction of sp³-hybridized carbons (Fsp3) is 0.545. The Morgan fingerprint density at radius 3 is 2.52 bits per heavy atom. The summed E-state index contributed by atoms with van der Waals surface area (Å²) in [6, 6.07) is -1.33. The average Bonchev–Trinajstić information content (AvgIpc) is 2.71. The molecule has 0 aromatic carbocycles. The van der Waals surface area contributed by atoms with Gasteiger partial charge in [-0.2, -0.15) is 13.2 Å². The number of H-pyrrole nitrogens is 1. The molecule has 0 amide bonds. The molecule has 4 atom stereocenters. The lowest BCUT2D eigenvalue weighted by Gasteiger charge is -2.33. The van der Waals surface area contributed by atoms with Gasteiger partial charge in [-0.05, 0) is 0 Å². The lowest BCUT2D eigenvalue weighted by molar-refractivity contribution is -0.210. The van der Waals surface area contributed by atoms with Gasteiger partial charge in [0.2, 0.25) is 5.72 Å². The molecule has 1 aromatic heterocycles. The number of nitrogens with zero attached hydrogens (tertiary/aromatic N) is 1. The Morgan fingerprint density at radius 1 is 1.48 bits per heavy atom. The number of halogens is 3. The van der Waals surface area contributed by atoms with E-state index in [0.717, 1.165) is 0 Å². The van der Waals surface area contributed by atoms with Crippen LogP contribution < -0.4 is 17.0 Å². The molecule has 9 nitrogen and oxygen atoms in total. The molecule has 0 unspecified atom stereocenters. The summed E-state index contributed by atoms with van der Waals surface area (Å²) in [5.41, 5.74) is 0.0382. The topological polar surface area (TPSA) is 148 Å². The van der Waals surface area contributed by atoms with Gasteiger partial charge in [0.05, 0.1) is 12.6 Å². The van der Waals surface area contributed by atoms with E-state index in [4.69, 9.17) is 15.6 Å². The summed E-state index contributed by atoms with van der Waals surface area (Å²) in [7, 11) is 0. The smallest absolute Gasteiger partial charge is 0.394 e. The van der Waals surface area contributed by atoms with Crippen LogP contribution in [0.4, 0.5) is 13.2 Å². The van der Waals surface area contributed by atoms with E-state index in [2.05, 4.69) is 0 Å². The zero-order chi connectivity index (χ0) is 17.6. The van der Waals surface area contributed by atoms with Crippen LogP contribution in [0.2, 0.25) is 0 Å². The van der Waals surface area contributed by atoms with Crippen molar-refractivity contribution in [2.24, 2.45) is 5.73 Å². The molecule has 128 valence electrons. The molecule has 0 saturated carbocycles. The van der Waals surface area contributed by atoms with Crippen molar-refractivity contribution < 1.29 is 32.9 Å². The molecule has 0 radical (unpaired) electrons. The number of ketones is 1. The van der Waals surface area contributed by atoms with Crippen molar-refractivity contribution in [3.05, 3.63) is 33.1 Å². The van der Waals surface area contributed by atoms with E-state index in [-0.39, 0.29) is 4.57 Å². The van der Waals surface area contributed by atoms with E-state index in [1.807, 2.05) is 0 Å². The Morgan fingerprint density at radius 2 is 2.09 bits per heavy atom. The van der Waals surface area contributed by atoms with Crippen LogP contribution in [0, 0.1) is 0 Å². The number of carbonyl (C=O) groups excluding carboxylic acids is 1. The molecule has 1 saturated heterocycles. The highest BCUT2D eigenvalue weighted by atomic mass is 19.4. The summed E-state index contributed by atoms with van der Waals surface area (Å²) in [5.74, 6) is -2.55. The van der Waals surface area contributed by atoms with E-state index in [1.165, 1.54) is 0 Å². The van der Waals surface area contributed by atoms with Gasteiger partial charge < -0.3 is 20.7 Å². The molecule has 12 heteroatoms. The van der Waals surface area contributed by atoms with Crippen molar-refractivity contribution in [2.75, 3.05) is 6.61 Å². The Hall–Kier alpha value is -2.02. The molecule has 1 fully saturated rings. The molecule has 23 heavy (non-hydrogen) atoms. The first-order valence-electron chi connectivity index (χ1n) is 6.22. The van der Waals surface area contributed by atoms with Gasteiger partial charge in [0.1, 0.15) is 12.2 Å². The normalized spacial score (nSPS) is 31.3. The van der Waals surface area contributed by atoms with Crippen molar-refractivity contribution in [3.8, 4) is 0 Å². The fourth-order valence-corrected chi connectivity index (χ4v) is 2.40. The molecule has 0 bridgehead atoms. The first kappa shape index (κ1) is 17.3. The van der Waals surface area contributed by atoms with Crippen LogP contribution in [0.1, 0.15) is 0 Å². The summed E-state index contributed by atoms with van der Waals surface area (Å²) in [6.45, 7) is -0.945. The van der Waals surface area contributed by atoms with Gasteiger partial charge in [-0.25, -0.2) is 4.79 Å². The van der Waals surface area contributed by atoms with Crippen molar-refractivity contribution in [1.82, 2.24) is 9.55 Å². The molecule has 1 aliphatic heterocycles. The van der Waals surface area contributed by atoms with Crippen molar-refractivity contribution in [2.45, 2.75) is 30.2 Å². The number of hydrogen-bond acceptors (Lipinski definition) is 7. The summed E-state index contributed by atoms with van der Waals surface area (Å²) in [5, 5.41) is 18.9. The minimum atomic E-state index is -5.46. The van der Waals surface area contributed by atoms with E-state index < -0.39 is 53.8 Å². The number of Topliss-reactive ketones (excluding diaryl/α,β-unsaturated/α-hetero) is 1. The number of aliphatic hydroxyl groups excluding tert-OH is 2. The highest BCUT2D eigenvalue weighted by molar-refractivity contribution is 5.91. The Bertz CT molecular complexity index is 729. The summed E-state index contributed by atoms with van der Waals surface area (Å²) in [4.78, 5) is 36.4. The van der Waals surface area contributed by atoms with E-state index >= 15 is 0 Å². The van der Waals surface area contributed by atoms with Gasteiger partial charge in [-0.15, -0.1) is 0 Å². The van der Waals surface area contributed by atoms with Crippen LogP contribution in [-0.2, 0) is 15.3 Å². The number of hydrogen-bond donors (Lipinski definition) is 4. The summed E-state index contributed by atoms with van der Waals surface area (Å²) < 4.78 is 43.9. The standard InChI is InChI=1S/C11H12F3N3O6/c12-11(13,14)8(21)10(7(15)6(20)4(3-18)23-10)17-2-1-5(19)16-9(17)22/h1-2,4,6-7,18,20H,3,15H2,(H,16,19,22)/t4-,6-,7-,10+/m1/s1. The summed E-state index contributed by atoms with van der Waals surface area (Å²) in [6.07, 6.45) is -8.35. The minimum Gasteiger partial charge on any atom is -0.394 e. The highest BCUT2D eigenvalue weighted by Gasteiger charge is 2.66. The number of nitrogens with two attached hydrogens (primary N) is 1. The maximum atomic E-state index is 13.0. The number of alkyl halides is 3. The Kier molecular flexibility index (Phi) is 4.19. The SMILES string of the molecule is N[C@@H]1[C@H](O)[C@@H](CO)O[C@@]1(C(=O)C(F)(F)F)n1ccc(=O)[nH]c1=O. The van der Waals surface area contributed by atoms with Gasteiger partial charge in [0.25, 0.3) is 11.3 Å². The van der Waals surface area contributed by atoms with Crippen LogP contribution in [0.15, 0.2) is 21.9 Å². The van der Waals surface area contributed by atoms with Gasteiger partial charge in [-0.1, -0.05) is 0 Å². The maximum absolute atomic E-state index is 13.0. The third kappa shape index (κ3) is 2.59. The van der Waals surface area contributed by atoms with Crippen LogP contribution in [0.3, 0.4) is 0 Å². The third-order valence-corrected chi connectivity index (χ3v) is 3.48. The number of rotatable bonds is 3. The first-order valence-corrected chi connectivity index (χ1v) is 6.22. The van der Waals surface area contributed by atoms with Gasteiger partial charge >= 0.3 is 11.9 Å². The molecular formula is C11H12F3N3O6. The van der Waals surface area contributed by atoms with Crippen molar-refractivity contribution in [3.63, 3.8) is 0 Å². The zero-order valence-electron chi connectivity index (χ0n) is 11.3. The molecule has 0 spiro atoms. The average molecular weight is 339 g/mol. The van der Waals surface area contributed by atoms with Crippen molar-refractivity contribution in [1.29, 1.82) is 0 Å². The Labute approximate surface area is 125 Å². The second-order valence-electron chi connectivity index (χ2n) is 4.86. The number of aromatic nitrogens is 2. The van der Waals surface area contributed by atoms with Crippen LogP contribution in [0.5, 0.6) is 0 Å². The van der Waals surface area contributed by atoms with Crippen molar-refractivity contribution >= 4 is 5.78 Å². The van der Waals surface area contributed by atoms with Gasteiger partial charge in [-0.3, -0.25) is 19.1 Å². The van der Waals surface area contributed by atoms with Crippen LogP contribution >= 0.6 is 0 Å². The van der Waals surface area contributed by atoms with Crippen LogP contribution in [-0.4, -0.2) is 56.6 Å². The summed E-state index contributed by atoms with van der Waals surface area (Å²) >= 11 is 0. The monoisotopic (exact) mass is 339 g/mol. The third-order valence-electron chi connectivity index (χ3n) is 3.48. The molecule has 2 rings (SSSR count). The molecule has 5 N–H and O–H groups in total. The lowest BCUT2D eigenvalue weighted by Crippen LogP contribution is -2.62. The predicted octanol–water partition coefficient (Wildman–Crippen LogP) is -2.60. The number of ether oxygens (including phenoxy) is 1. The minimum absolute atomic E-state index is 0.147. The molecule has 2 heterocycles.